The highest BCUT2D eigenvalue weighted by molar-refractivity contribution is 6.34. The lowest BCUT2D eigenvalue weighted by Gasteiger charge is -2.30. The number of carbonyl (C=O) groups excluding carboxylic acids is 1. The summed E-state index contributed by atoms with van der Waals surface area (Å²) in [6.45, 7) is 11.9. The number of carboxylic acid groups (broad SMARTS) is 1. The number of amides is 1. The minimum absolute atomic E-state index is 0.238. The van der Waals surface area contributed by atoms with Gasteiger partial charge in [0.05, 0.1) is 22.8 Å². The van der Waals surface area contributed by atoms with E-state index in [0.717, 1.165) is 28.7 Å². The summed E-state index contributed by atoms with van der Waals surface area (Å²) in [7, 11) is 0. The lowest BCUT2D eigenvalue weighted by Crippen LogP contribution is -2.30. The van der Waals surface area contributed by atoms with E-state index in [2.05, 4.69) is 0 Å². The van der Waals surface area contributed by atoms with Gasteiger partial charge in [0.15, 0.2) is 17.7 Å². The summed E-state index contributed by atoms with van der Waals surface area (Å²) in [6.07, 6.45) is 0.580. The molecule has 0 radical (unpaired) electrons. The van der Waals surface area contributed by atoms with Crippen molar-refractivity contribution in [3.63, 3.8) is 0 Å². The maximum Gasteiger partial charge on any atom is 0.337 e. The molecule has 0 aromatic heterocycles. The van der Waals surface area contributed by atoms with Crippen molar-refractivity contribution < 1.29 is 28.6 Å². The number of rotatable bonds is 5. The van der Waals surface area contributed by atoms with Gasteiger partial charge in [-0.15, -0.1) is 0 Å². The van der Waals surface area contributed by atoms with Crippen molar-refractivity contribution in [1.82, 2.24) is 0 Å². The molecule has 0 fully saturated rings. The molecule has 2 heterocycles. The predicted octanol–water partition coefficient (Wildman–Crippen LogP) is 7.54. The molecule has 2 aliphatic heterocycles. The SMILES string of the molecule is Cc1ccc(Cl)c(C(=O)N2CCc3c2cc(C)c([C@H](OC(C)(C)C)C(=O)O)c3-c2cc(F)c3c(c2C)CCCO3)c1. The Morgan fingerprint density at radius 1 is 1.10 bits per heavy atom. The second-order valence-electron chi connectivity index (χ2n) is 11.9. The molecule has 2 aliphatic rings. The highest BCUT2D eigenvalue weighted by Gasteiger charge is 2.37. The normalized spacial score (nSPS) is 15.3. The molecular formula is C33H35ClFNO5. The summed E-state index contributed by atoms with van der Waals surface area (Å²) >= 11 is 6.44. The summed E-state index contributed by atoms with van der Waals surface area (Å²) in [6, 6.07) is 8.62. The molecular weight excluding hydrogens is 545 g/mol. The average Bonchev–Trinajstić information content (AvgIpc) is 3.32. The van der Waals surface area contributed by atoms with E-state index in [0.29, 0.717) is 64.5 Å². The highest BCUT2D eigenvalue weighted by Crippen LogP contribution is 2.48. The molecule has 41 heavy (non-hydrogen) atoms. The lowest BCUT2D eigenvalue weighted by atomic mass is 9.83. The molecule has 1 amide bonds. The largest absolute Gasteiger partial charge is 0.490 e. The topological polar surface area (TPSA) is 76.1 Å². The fourth-order valence-electron chi connectivity index (χ4n) is 6.00. The standard InChI is InChI=1S/C33H35ClFNO5/c1-17-9-10-24(34)23(14-17)31(37)36-12-11-21-26(36)15-18(2)27(30(32(38)39)41-33(4,5)6)28(21)22-16-25(35)29-20(19(22)3)8-7-13-40-29/h9-10,14-16,30H,7-8,11-13H2,1-6H3,(H,38,39)/t30-/m0/s1. The number of halogens is 2. The monoisotopic (exact) mass is 579 g/mol. The Hall–Kier alpha value is -3.42. The molecule has 1 atom stereocenters. The van der Waals surface area contributed by atoms with Gasteiger partial charge in [0.1, 0.15) is 0 Å². The number of fused-ring (bicyclic) bond motifs is 2. The third kappa shape index (κ3) is 5.33. The number of carbonyl (C=O) groups is 2. The second-order valence-corrected chi connectivity index (χ2v) is 12.3. The Balaban J connectivity index is 1.78. The minimum Gasteiger partial charge on any atom is -0.490 e. The smallest absolute Gasteiger partial charge is 0.337 e. The number of nitrogens with zero attached hydrogens (tertiary/aromatic N) is 1. The number of benzene rings is 3. The van der Waals surface area contributed by atoms with Crippen LogP contribution >= 0.6 is 11.6 Å². The van der Waals surface area contributed by atoms with Gasteiger partial charge in [-0.2, -0.15) is 0 Å². The van der Waals surface area contributed by atoms with E-state index in [4.69, 9.17) is 21.1 Å². The quantitative estimate of drug-likeness (QED) is 0.338. The first-order valence-corrected chi connectivity index (χ1v) is 14.3. The number of aryl methyl sites for hydroxylation is 2. The summed E-state index contributed by atoms with van der Waals surface area (Å²) in [5.41, 5.74) is 5.91. The minimum atomic E-state index is -1.30. The first kappa shape index (κ1) is 29.1. The van der Waals surface area contributed by atoms with Gasteiger partial charge >= 0.3 is 5.97 Å². The van der Waals surface area contributed by atoms with Crippen molar-refractivity contribution in [1.29, 1.82) is 0 Å². The van der Waals surface area contributed by atoms with E-state index in [-0.39, 0.29) is 11.7 Å². The third-order valence-corrected chi connectivity index (χ3v) is 8.13. The van der Waals surface area contributed by atoms with Crippen molar-refractivity contribution in [2.45, 2.75) is 72.5 Å². The molecule has 3 aromatic carbocycles. The van der Waals surface area contributed by atoms with E-state index in [9.17, 15) is 14.7 Å². The molecule has 1 N–H and O–H groups in total. The van der Waals surface area contributed by atoms with Crippen LogP contribution in [0.4, 0.5) is 10.1 Å². The van der Waals surface area contributed by atoms with Crippen molar-refractivity contribution in [2.24, 2.45) is 0 Å². The zero-order chi connectivity index (χ0) is 29.8. The van der Waals surface area contributed by atoms with Crippen molar-refractivity contribution in [2.75, 3.05) is 18.1 Å². The predicted molar refractivity (Wildman–Crippen MR) is 158 cm³/mol. The first-order valence-electron chi connectivity index (χ1n) is 13.9. The van der Waals surface area contributed by atoms with Gasteiger partial charge in [0.2, 0.25) is 0 Å². The molecule has 0 saturated heterocycles. The molecule has 0 spiro atoms. The highest BCUT2D eigenvalue weighted by atomic mass is 35.5. The van der Waals surface area contributed by atoms with Crippen LogP contribution in [0, 0.1) is 26.6 Å². The molecule has 0 aliphatic carbocycles. The number of ether oxygens (including phenoxy) is 2. The Morgan fingerprint density at radius 2 is 1.83 bits per heavy atom. The van der Waals surface area contributed by atoms with Crippen LogP contribution < -0.4 is 9.64 Å². The fraction of sp³-hybridized carbons (Fsp3) is 0.394. The van der Waals surface area contributed by atoms with Gasteiger partial charge in [0.25, 0.3) is 5.91 Å². The molecule has 8 heteroatoms. The number of anilines is 1. The van der Waals surface area contributed by atoms with E-state index in [1.54, 1.807) is 37.8 Å². The molecule has 216 valence electrons. The molecule has 0 unspecified atom stereocenters. The molecule has 5 rings (SSSR count). The summed E-state index contributed by atoms with van der Waals surface area (Å²) < 4.78 is 27.4. The van der Waals surface area contributed by atoms with E-state index in [1.807, 2.05) is 32.9 Å². The Morgan fingerprint density at radius 3 is 2.51 bits per heavy atom. The Labute approximate surface area is 245 Å². The van der Waals surface area contributed by atoms with Crippen molar-refractivity contribution >= 4 is 29.2 Å². The Bertz CT molecular complexity index is 1580. The summed E-state index contributed by atoms with van der Waals surface area (Å²) in [5.74, 6) is -1.60. The average molecular weight is 580 g/mol. The van der Waals surface area contributed by atoms with Gasteiger partial charge in [-0.25, -0.2) is 9.18 Å². The summed E-state index contributed by atoms with van der Waals surface area (Å²) in [4.78, 5) is 28.2. The van der Waals surface area contributed by atoms with Gasteiger partial charge < -0.3 is 19.5 Å². The third-order valence-electron chi connectivity index (χ3n) is 7.80. The number of hydrogen-bond donors (Lipinski definition) is 1. The molecule has 0 saturated carbocycles. The van der Waals surface area contributed by atoms with Crippen LogP contribution in [0.25, 0.3) is 11.1 Å². The summed E-state index contributed by atoms with van der Waals surface area (Å²) in [5, 5.41) is 10.8. The van der Waals surface area contributed by atoms with E-state index < -0.39 is 23.5 Å². The Kier molecular flexibility index (Phi) is 7.64. The van der Waals surface area contributed by atoms with E-state index >= 15 is 4.39 Å². The van der Waals surface area contributed by atoms with Crippen LogP contribution in [0.15, 0.2) is 30.3 Å². The molecule has 0 bridgehead atoms. The van der Waals surface area contributed by atoms with Gasteiger partial charge in [0, 0.05) is 23.4 Å². The van der Waals surface area contributed by atoms with Crippen molar-refractivity contribution in [3.05, 3.63) is 80.1 Å². The first-order chi connectivity index (χ1) is 19.3. The lowest BCUT2D eigenvalue weighted by molar-refractivity contribution is -0.160. The maximum atomic E-state index is 15.6. The number of carboxylic acids is 1. The second kappa shape index (κ2) is 10.8. The number of hydrogen-bond acceptors (Lipinski definition) is 4. The number of aliphatic carboxylic acids is 1. The maximum absolute atomic E-state index is 15.6. The fourth-order valence-corrected chi connectivity index (χ4v) is 6.20. The van der Waals surface area contributed by atoms with Crippen LogP contribution in [0.5, 0.6) is 5.75 Å². The van der Waals surface area contributed by atoms with Crippen LogP contribution in [0.1, 0.15) is 77.0 Å². The van der Waals surface area contributed by atoms with Crippen molar-refractivity contribution in [3.8, 4) is 16.9 Å². The van der Waals surface area contributed by atoms with Crippen LogP contribution in [-0.4, -0.2) is 35.7 Å². The van der Waals surface area contributed by atoms with Gasteiger partial charge in [-0.3, -0.25) is 4.79 Å². The zero-order valence-corrected chi connectivity index (χ0v) is 25.0. The molecule has 6 nitrogen and oxygen atoms in total. The van der Waals surface area contributed by atoms with Crippen LogP contribution in [0.2, 0.25) is 5.02 Å². The van der Waals surface area contributed by atoms with Crippen LogP contribution in [-0.2, 0) is 22.4 Å². The van der Waals surface area contributed by atoms with E-state index in [1.165, 1.54) is 6.07 Å². The molecule has 3 aromatic rings. The van der Waals surface area contributed by atoms with Crippen LogP contribution in [0.3, 0.4) is 0 Å². The van der Waals surface area contributed by atoms with Gasteiger partial charge in [-0.1, -0.05) is 23.2 Å². The van der Waals surface area contributed by atoms with Gasteiger partial charge in [-0.05, 0) is 113 Å². The zero-order valence-electron chi connectivity index (χ0n) is 24.3.